The van der Waals surface area contributed by atoms with E-state index in [4.69, 9.17) is 4.74 Å². The lowest BCUT2D eigenvalue weighted by Gasteiger charge is -2.32. The molecule has 1 fully saturated rings. The predicted molar refractivity (Wildman–Crippen MR) is 92.9 cm³/mol. The first-order chi connectivity index (χ1) is 11.6. The molecule has 1 amide bonds. The molecule has 3 rings (SSSR count). The van der Waals surface area contributed by atoms with Crippen LogP contribution in [-0.2, 0) is 11.3 Å². The number of ether oxygens (including phenoxy) is 1. The maximum Gasteiger partial charge on any atom is 0.244 e. The van der Waals surface area contributed by atoms with Gasteiger partial charge in [0.25, 0.3) is 0 Å². The molecule has 0 bridgehead atoms. The molecule has 128 valence electrons. The summed E-state index contributed by atoms with van der Waals surface area (Å²) in [5.41, 5.74) is 2.27. The van der Waals surface area contributed by atoms with Crippen molar-refractivity contribution in [1.29, 1.82) is 0 Å². The Morgan fingerprint density at radius 2 is 2.21 bits per heavy atom. The quantitative estimate of drug-likeness (QED) is 0.848. The number of amides is 1. The van der Waals surface area contributed by atoms with Crippen molar-refractivity contribution in [3.05, 3.63) is 47.8 Å². The highest BCUT2D eigenvalue weighted by Crippen LogP contribution is 2.20. The number of carbonyl (C=O) groups excluding carboxylic acids is 1. The molecule has 1 saturated heterocycles. The number of likely N-dealkylation sites (tertiary alicyclic amines) is 1. The Morgan fingerprint density at radius 1 is 1.33 bits per heavy atom. The molecule has 0 radical (unpaired) electrons. The van der Waals surface area contributed by atoms with Gasteiger partial charge in [-0.1, -0.05) is 12.1 Å². The van der Waals surface area contributed by atoms with Gasteiger partial charge in [-0.25, -0.2) is 0 Å². The minimum absolute atomic E-state index is 0.137. The van der Waals surface area contributed by atoms with Gasteiger partial charge in [-0.15, -0.1) is 0 Å². The lowest BCUT2D eigenvalue weighted by molar-refractivity contribution is -0.134. The molecule has 24 heavy (non-hydrogen) atoms. The van der Waals surface area contributed by atoms with Gasteiger partial charge >= 0.3 is 0 Å². The molecule has 5 nitrogen and oxygen atoms in total. The fourth-order valence-corrected chi connectivity index (χ4v) is 3.14. The van der Waals surface area contributed by atoms with E-state index in [0.29, 0.717) is 19.1 Å². The number of carbonyl (C=O) groups is 1. The maximum atomic E-state index is 12.5. The Morgan fingerprint density at radius 3 is 2.96 bits per heavy atom. The van der Waals surface area contributed by atoms with Gasteiger partial charge in [-0.2, -0.15) is 5.10 Å². The number of nitrogens with zero attached hydrogens (tertiary/aromatic N) is 3. The summed E-state index contributed by atoms with van der Waals surface area (Å²) in [4.78, 5) is 14.4. The molecule has 1 atom stereocenters. The molecule has 1 aliphatic rings. The van der Waals surface area contributed by atoms with Crippen LogP contribution in [0.5, 0.6) is 5.75 Å². The van der Waals surface area contributed by atoms with E-state index in [1.54, 1.807) is 10.9 Å². The second-order valence-electron chi connectivity index (χ2n) is 6.69. The third kappa shape index (κ3) is 4.37. The number of aromatic nitrogens is 2. The summed E-state index contributed by atoms with van der Waals surface area (Å²) in [6, 6.07) is 8.10. The Hall–Kier alpha value is -2.30. The van der Waals surface area contributed by atoms with E-state index in [0.717, 1.165) is 37.2 Å². The summed E-state index contributed by atoms with van der Waals surface area (Å²) in [6.07, 6.45) is 5.82. The van der Waals surface area contributed by atoms with E-state index in [-0.39, 0.29) is 5.91 Å². The Balaban J connectivity index is 1.51. The van der Waals surface area contributed by atoms with Crippen LogP contribution in [0.25, 0.3) is 0 Å². The fraction of sp³-hybridized carbons (Fsp3) is 0.474. The first-order valence-electron chi connectivity index (χ1n) is 8.56. The molecule has 0 saturated carbocycles. The Bertz CT molecular complexity index is 695. The van der Waals surface area contributed by atoms with Crippen LogP contribution >= 0.6 is 0 Å². The molecule has 1 aromatic carbocycles. The van der Waals surface area contributed by atoms with Crippen molar-refractivity contribution in [3.63, 3.8) is 0 Å². The highest BCUT2D eigenvalue weighted by Gasteiger charge is 2.24. The van der Waals surface area contributed by atoms with Crippen molar-refractivity contribution in [2.24, 2.45) is 5.92 Å². The van der Waals surface area contributed by atoms with Crippen molar-refractivity contribution in [2.45, 2.75) is 33.2 Å². The standard InChI is InChI=1S/C19H25N3O2/c1-15-5-3-7-18(9-15)24-14-17-6-4-8-21(12-17)19(23)13-22-11-16(2)10-20-22/h3,5,7,9-11,17H,4,6,8,12-14H2,1-2H3. The maximum absolute atomic E-state index is 12.5. The molecule has 2 heterocycles. The van der Waals surface area contributed by atoms with Crippen LogP contribution in [0.4, 0.5) is 0 Å². The van der Waals surface area contributed by atoms with Crippen molar-refractivity contribution < 1.29 is 9.53 Å². The summed E-state index contributed by atoms with van der Waals surface area (Å²) in [5.74, 6) is 1.44. The molecule has 0 N–H and O–H groups in total. The number of hydrogen-bond acceptors (Lipinski definition) is 3. The van der Waals surface area contributed by atoms with E-state index < -0.39 is 0 Å². The Kier molecular flexibility index (Phi) is 5.18. The predicted octanol–water partition coefficient (Wildman–Crippen LogP) is 2.82. The van der Waals surface area contributed by atoms with E-state index in [9.17, 15) is 4.79 Å². The fourth-order valence-electron chi connectivity index (χ4n) is 3.14. The summed E-state index contributed by atoms with van der Waals surface area (Å²) < 4.78 is 7.63. The second kappa shape index (κ2) is 7.51. The smallest absolute Gasteiger partial charge is 0.244 e. The van der Waals surface area contributed by atoms with Crippen LogP contribution in [-0.4, -0.2) is 40.3 Å². The zero-order chi connectivity index (χ0) is 16.9. The van der Waals surface area contributed by atoms with Crippen molar-refractivity contribution in [2.75, 3.05) is 19.7 Å². The highest BCUT2D eigenvalue weighted by molar-refractivity contribution is 5.76. The molecular weight excluding hydrogens is 302 g/mol. The molecule has 1 aliphatic heterocycles. The summed E-state index contributed by atoms with van der Waals surface area (Å²) >= 11 is 0. The topological polar surface area (TPSA) is 47.4 Å². The zero-order valence-electron chi connectivity index (χ0n) is 14.4. The van der Waals surface area contributed by atoms with Gasteiger partial charge < -0.3 is 9.64 Å². The molecule has 2 aromatic rings. The van der Waals surface area contributed by atoms with E-state index in [1.807, 2.05) is 36.2 Å². The molecule has 1 unspecified atom stereocenters. The molecule has 1 aromatic heterocycles. The van der Waals surface area contributed by atoms with Gasteiger partial charge in [0.1, 0.15) is 12.3 Å². The first-order valence-corrected chi connectivity index (χ1v) is 8.56. The van der Waals surface area contributed by atoms with Gasteiger partial charge in [0.05, 0.1) is 12.8 Å². The summed E-state index contributed by atoms with van der Waals surface area (Å²) in [5, 5.41) is 4.20. The lowest BCUT2D eigenvalue weighted by Crippen LogP contribution is -2.43. The van der Waals surface area contributed by atoms with Gasteiger partial charge in [0.2, 0.25) is 5.91 Å². The van der Waals surface area contributed by atoms with E-state index in [1.165, 1.54) is 5.56 Å². The summed E-state index contributed by atoms with van der Waals surface area (Å²) in [7, 11) is 0. The van der Waals surface area contributed by atoms with Gasteiger partial charge in [-0.3, -0.25) is 9.48 Å². The van der Waals surface area contributed by atoms with Crippen LogP contribution in [0.15, 0.2) is 36.7 Å². The third-order valence-electron chi connectivity index (χ3n) is 4.41. The molecule has 5 heteroatoms. The van der Waals surface area contributed by atoms with Crippen LogP contribution in [0.2, 0.25) is 0 Å². The minimum atomic E-state index is 0.137. The number of hydrogen-bond donors (Lipinski definition) is 0. The van der Waals surface area contributed by atoms with Gasteiger partial charge in [0.15, 0.2) is 0 Å². The van der Waals surface area contributed by atoms with Gasteiger partial charge in [-0.05, 0) is 49.9 Å². The van der Waals surface area contributed by atoms with E-state index in [2.05, 4.69) is 18.1 Å². The number of aryl methyl sites for hydroxylation is 2. The largest absolute Gasteiger partial charge is 0.493 e. The lowest BCUT2D eigenvalue weighted by atomic mass is 9.99. The number of rotatable bonds is 5. The van der Waals surface area contributed by atoms with Crippen LogP contribution in [0.1, 0.15) is 24.0 Å². The number of piperidine rings is 1. The van der Waals surface area contributed by atoms with Crippen molar-refractivity contribution in [3.8, 4) is 5.75 Å². The molecule has 0 aliphatic carbocycles. The zero-order valence-corrected chi connectivity index (χ0v) is 14.4. The second-order valence-corrected chi connectivity index (χ2v) is 6.69. The van der Waals surface area contributed by atoms with Crippen LogP contribution in [0, 0.1) is 19.8 Å². The average Bonchev–Trinajstić information content (AvgIpc) is 2.98. The monoisotopic (exact) mass is 327 g/mol. The average molecular weight is 327 g/mol. The molecule has 0 spiro atoms. The number of benzene rings is 1. The minimum Gasteiger partial charge on any atom is -0.493 e. The SMILES string of the molecule is Cc1cccc(OCC2CCCN(C(=O)Cn3cc(C)cn3)C2)c1. The van der Waals surface area contributed by atoms with Crippen LogP contribution in [0.3, 0.4) is 0 Å². The first kappa shape index (κ1) is 16.6. The van der Waals surface area contributed by atoms with E-state index >= 15 is 0 Å². The third-order valence-corrected chi connectivity index (χ3v) is 4.41. The molecular formula is C19H25N3O2. The van der Waals surface area contributed by atoms with Crippen LogP contribution < -0.4 is 4.74 Å². The van der Waals surface area contributed by atoms with Gasteiger partial charge in [0, 0.05) is 25.2 Å². The van der Waals surface area contributed by atoms with Crippen molar-refractivity contribution >= 4 is 5.91 Å². The van der Waals surface area contributed by atoms with Crippen molar-refractivity contribution in [1.82, 2.24) is 14.7 Å². The summed E-state index contributed by atoms with van der Waals surface area (Å²) in [6.45, 7) is 6.62. The Labute approximate surface area is 143 Å². The normalized spacial score (nSPS) is 17.8. The highest BCUT2D eigenvalue weighted by atomic mass is 16.5.